The highest BCUT2D eigenvalue weighted by atomic mass is 35.5. The fourth-order valence-corrected chi connectivity index (χ4v) is 4.47. The molecule has 0 aromatic heterocycles. The largest absolute Gasteiger partial charge is 0.352 e. The number of hydrogen-bond donors (Lipinski definition) is 1. The van der Waals surface area contributed by atoms with E-state index in [2.05, 4.69) is 5.32 Å². The zero-order valence-electron chi connectivity index (χ0n) is 20.6. The standard InChI is InChI=1S/C25H34ClN3O4S/c1-7-18(3)27-25(31)20(5)28(15-21-13-11-17(2)12-14-21)24(30)16-29(34(6,32)33)23-10-8-9-22(26)19(23)4/h8-14,18,20H,7,15-16H2,1-6H3,(H,27,31)/t18-,20+/m1/s1. The van der Waals surface area contributed by atoms with E-state index in [1.165, 1.54) is 4.90 Å². The van der Waals surface area contributed by atoms with Crippen molar-refractivity contribution in [3.63, 3.8) is 0 Å². The second-order valence-corrected chi connectivity index (χ2v) is 11.0. The molecule has 0 heterocycles. The molecule has 0 aliphatic carbocycles. The van der Waals surface area contributed by atoms with Gasteiger partial charge in [-0.15, -0.1) is 0 Å². The predicted molar refractivity (Wildman–Crippen MR) is 137 cm³/mol. The van der Waals surface area contributed by atoms with Crippen LogP contribution >= 0.6 is 11.6 Å². The lowest BCUT2D eigenvalue weighted by Crippen LogP contribution is -2.52. The van der Waals surface area contributed by atoms with Crippen LogP contribution in [0.15, 0.2) is 42.5 Å². The number of nitrogens with zero attached hydrogens (tertiary/aromatic N) is 2. The zero-order valence-corrected chi connectivity index (χ0v) is 22.2. The first kappa shape index (κ1) is 27.7. The minimum absolute atomic E-state index is 0.0482. The Morgan fingerprint density at radius 3 is 2.24 bits per heavy atom. The van der Waals surface area contributed by atoms with Gasteiger partial charge in [-0.2, -0.15) is 0 Å². The van der Waals surface area contributed by atoms with Crippen molar-refractivity contribution in [2.45, 2.75) is 59.7 Å². The van der Waals surface area contributed by atoms with Gasteiger partial charge in [0.1, 0.15) is 12.6 Å². The van der Waals surface area contributed by atoms with Crippen molar-refractivity contribution in [3.05, 3.63) is 64.2 Å². The molecule has 2 rings (SSSR count). The minimum Gasteiger partial charge on any atom is -0.352 e. The van der Waals surface area contributed by atoms with E-state index in [4.69, 9.17) is 11.6 Å². The summed E-state index contributed by atoms with van der Waals surface area (Å²) in [7, 11) is -3.81. The smallest absolute Gasteiger partial charge is 0.244 e. The third-order valence-electron chi connectivity index (χ3n) is 5.83. The van der Waals surface area contributed by atoms with Crippen molar-refractivity contribution in [2.24, 2.45) is 0 Å². The maximum Gasteiger partial charge on any atom is 0.244 e. The quantitative estimate of drug-likeness (QED) is 0.525. The fraction of sp³-hybridized carbons (Fsp3) is 0.440. The number of carbonyl (C=O) groups excluding carboxylic acids is 2. The molecule has 9 heteroatoms. The number of nitrogens with one attached hydrogen (secondary N) is 1. The van der Waals surface area contributed by atoms with E-state index >= 15 is 0 Å². The Morgan fingerprint density at radius 1 is 1.06 bits per heavy atom. The molecule has 0 spiro atoms. The highest BCUT2D eigenvalue weighted by Crippen LogP contribution is 2.28. The Bertz CT molecular complexity index is 1120. The Balaban J connectivity index is 2.42. The molecule has 0 saturated carbocycles. The van der Waals surface area contributed by atoms with Crippen LogP contribution < -0.4 is 9.62 Å². The van der Waals surface area contributed by atoms with Gasteiger partial charge in [0.2, 0.25) is 21.8 Å². The summed E-state index contributed by atoms with van der Waals surface area (Å²) < 4.78 is 26.4. The summed E-state index contributed by atoms with van der Waals surface area (Å²) in [5, 5.41) is 3.31. The molecule has 2 aromatic carbocycles. The predicted octanol–water partition coefficient (Wildman–Crippen LogP) is 4.05. The molecule has 0 fully saturated rings. The molecule has 186 valence electrons. The number of hydrogen-bond acceptors (Lipinski definition) is 4. The number of benzene rings is 2. The van der Waals surface area contributed by atoms with Crippen molar-refractivity contribution >= 4 is 39.1 Å². The number of aryl methyl sites for hydroxylation is 1. The molecule has 7 nitrogen and oxygen atoms in total. The lowest BCUT2D eigenvalue weighted by atomic mass is 10.1. The van der Waals surface area contributed by atoms with Gasteiger partial charge in [0.05, 0.1) is 11.9 Å². The summed E-state index contributed by atoms with van der Waals surface area (Å²) in [6.45, 7) is 8.89. The summed E-state index contributed by atoms with van der Waals surface area (Å²) in [4.78, 5) is 27.9. The maximum absolute atomic E-state index is 13.5. The fourth-order valence-electron chi connectivity index (χ4n) is 3.40. The van der Waals surface area contributed by atoms with Crippen molar-refractivity contribution < 1.29 is 18.0 Å². The van der Waals surface area contributed by atoms with Gasteiger partial charge >= 0.3 is 0 Å². The summed E-state index contributed by atoms with van der Waals surface area (Å²) in [5.74, 6) is -0.781. The minimum atomic E-state index is -3.81. The Hall–Kier alpha value is -2.58. The summed E-state index contributed by atoms with van der Waals surface area (Å²) in [6.07, 6.45) is 1.80. The SMILES string of the molecule is CC[C@@H](C)NC(=O)[C@H](C)N(Cc1ccc(C)cc1)C(=O)CN(c1cccc(Cl)c1C)S(C)(=O)=O. The topological polar surface area (TPSA) is 86.8 Å². The van der Waals surface area contributed by atoms with Crippen LogP contribution in [0.4, 0.5) is 5.69 Å². The average Bonchev–Trinajstić information content (AvgIpc) is 2.77. The number of halogens is 1. The van der Waals surface area contributed by atoms with E-state index in [9.17, 15) is 18.0 Å². The number of amides is 2. The van der Waals surface area contributed by atoms with Crippen molar-refractivity contribution in [1.82, 2.24) is 10.2 Å². The molecule has 2 aromatic rings. The number of rotatable bonds is 10. The van der Waals surface area contributed by atoms with E-state index in [0.717, 1.165) is 28.1 Å². The van der Waals surface area contributed by atoms with E-state index in [1.807, 2.05) is 45.0 Å². The summed E-state index contributed by atoms with van der Waals surface area (Å²) in [6, 6.07) is 11.7. The average molecular weight is 508 g/mol. The number of sulfonamides is 1. The molecule has 0 unspecified atom stereocenters. The molecular weight excluding hydrogens is 474 g/mol. The molecule has 2 atom stereocenters. The molecular formula is C25H34ClN3O4S. The van der Waals surface area contributed by atoms with Gasteiger partial charge in [-0.1, -0.05) is 54.4 Å². The van der Waals surface area contributed by atoms with Crippen LogP contribution in [0.3, 0.4) is 0 Å². The first-order valence-corrected chi connectivity index (χ1v) is 13.5. The van der Waals surface area contributed by atoms with Crippen LogP contribution in [0.2, 0.25) is 5.02 Å². The highest BCUT2D eigenvalue weighted by molar-refractivity contribution is 7.92. The van der Waals surface area contributed by atoms with Gasteiger partial charge in [0.15, 0.2) is 0 Å². The van der Waals surface area contributed by atoms with E-state index < -0.39 is 28.5 Å². The molecule has 2 amide bonds. The van der Waals surface area contributed by atoms with Crippen LogP contribution in [0, 0.1) is 13.8 Å². The van der Waals surface area contributed by atoms with Crippen molar-refractivity contribution in [1.29, 1.82) is 0 Å². The van der Waals surface area contributed by atoms with E-state index in [1.54, 1.807) is 32.0 Å². The summed E-state index contributed by atoms with van der Waals surface area (Å²) in [5.41, 5.74) is 2.79. The van der Waals surface area contributed by atoms with Gasteiger partial charge in [-0.3, -0.25) is 13.9 Å². The third-order valence-corrected chi connectivity index (χ3v) is 7.36. The third kappa shape index (κ3) is 7.21. The van der Waals surface area contributed by atoms with Crippen LogP contribution in [0.1, 0.15) is 43.9 Å². The monoisotopic (exact) mass is 507 g/mol. The first-order valence-electron chi connectivity index (χ1n) is 11.2. The second-order valence-electron chi connectivity index (χ2n) is 8.65. The Morgan fingerprint density at radius 2 is 1.68 bits per heavy atom. The van der Waals surface area contributed by atoms with Gasteiger partial charge in [0, 0.05) is 17.6 Å². The van der Waals surface area contributed by atoms with Gasteiger partial charge in [-0.05, 0) is 57.4 Å². The normalized spacial score (nSPS) is 13.1. The number of carbonyl (C=O) groups is 2. The number of anilines is 1. The molecule has 34 heavy (non-hydrogen) atoms. The van der Waals surface area contributed by atoms with E-state index in [0.29, 0.717) is 16.3 Å². The van der Waals surface area contributed by atoms with E-state index in [-0.39, 0.29) is 18.5 Å². The van der Waals surface area contributed by atoms with Crippen LogP contribution in [0.25, 0.3) is 0 Å². The molecule has 0 saturated heterocycles. The van der Waals surface area contributed by atoms with Crippen molar-refractivity contribution in [2.75, 3.05) is 17.1 Å². The van der Waals surface area contributed by atoms with Crippen molar-refractivity contribution in [3.8, 4) is 0 Å². The molecule has 1 N–H and O–H groups in total. The Kier molecular flexibility index (Phi) is 9.53. The van der Waals surface area contributed by atoms with Gasteiger partial charge in [0.25, 0.3) is 0 Å². The van der Waals surface area contributed by atoms with Gasteiger partial charge < -0.3 is 10.2 Å². The highest BCUT2D eigenvalue weighted by Gasteiger charge is 2.31. The molecule has 0 bridgehead atoms. The zero-order chi connectivity index (χ0) is 25.6. The van der Waals surface area contributed by atoms with Crippen LogP contribution in [-0.2, 0) is 26.2 Å². The second kappa shape index (κ2) is 11.7. The lowest BCUT2D eigenvalue weighted by Gasteiger charge is -2.32. The summed E-state index contributed by atoms with van der Waals surface area (Å²) >= 11 is 6.21. The first-order chi connectivity index (χ1) is 15.8. The maximum atomic E-state index is 13.5. The van der Waals surface area contributed by atoms with Crippen LogP contribution in [0.5, 0.6) is 0 Å². The molecule has 0 aliphatic rings. The Labute approximate surface area is 208 Å². The van der Waals surface area contributed by atoms with Gasteiger partial charge in [-0.25, -0.2) is 8.42 Å². The lowest BCUT2D eigenvalue weighted by molar-refractivity contribution is -0.139. The molecule has 0 aliphatic heterocycles. The molecule has 0 radical (unpaired) electrons. The van der Waals surface area contributed by atoms with Crippen LogP contribution in [-0.4, -0.2) is 50.0 Å².